The fraction of sp³-hybridized carbons (Fsp3) is 0.458. The molecule has 0 N–H and O–H groups in total. The Morgan fingerprint density at radius 1 is 1.13 bits per heavy atom. The largest absolute Gasteiger partial charge is 0.454 e. The normalized spacial score (nSPS) is 12.8. The van der Waals surface area contributed by atoms with E-state index in [-0.39, 0.29) is 23.5 Å². The molecule has 0 aliphatic carbocycles. The molecule has 0 saturated heterocycles. The van der Waals surface area contributed by atoms with Gasteiger partial charge in [0.15, 0.2) is 5.76 Å². The molecule has 1 heterocycles. The molecule has 2 aromatic rings. The molecular formula is C24H30ClN3O3. The number of carbonyl (C=O) groups is 1. The van der Waals surface area contributed by atoms with Crippen LogP contribution in [0, 0.1) is 23.7 Å². The van der Waals surface area contributed by atoms with Gasteiger partial charge in [0.2, 0.25) is 6.79 Å². The number of aromatic nitrogens is 2. The lowest BCUT2D eigenvalue weighted by Crippen LogP contribution is -2.24. The summed E-state index contributed by atoms with van der Waals surface area (Å²) in [6, 6.07) is 9.95. The van der Waals surface area contributed by atoms with Crippen LogP contribution >= 0.6 is 11.6 Å². The van der Waals surface area contributed by atoms with Gasteiger partial charge in [-0.3, -0.25) is 9.48 Å². The molecule has 1 aromatic heterocycles. The molecular weight excluding hydrogens is 414 g/mol. The lowest BCUT2D eigenvalue weighted by atomic mass is 9.86. The summed E-state index contributed by atoms with van der Waals surface area (Å²) in [4.78, 5) is 12.1. The molecule has 0 atom stereocenters. The van der Waals surface area contributed by atoms with E-state index in [0.29, 0.717) is 22.0 Å². The van der Waals surface area contributed by atoms with Crippen molar-refractivity contribution in [3.63, 3.8) is 0 Å². The Balaban J connectivity index is 2.54. The van der Waals surface area contributed by atoms with Crippen molar-refractivity contribution in [1.29, 1.82) is 5.26 Å². The van der Waals surface area contributed by atoms with Gasteiger partial charge >= 0.3 is 5.97 Å². The lowest BCUT2D eigenvalue weighted by Gasteiger charge is -2.20. The van der Waals surface area contributed by atoms with E-state index >= 15 is 0 Å². The van der Waals surface area contributed by atoms with Gasteiger partial charge in [-0.1, -0.05) is 56.6 Å². The van der Waals surface area contributed by atoms with E-state index in [1.54, 1.807) is 39.4 Å². The van der Waals surface area contributed by atoms with Gasteiger partial charge < -0.3 is 9.47 Å². The molecule has 6 nitrogen and oxygen atoms in total. The maximum Gasteiger partial charge on any atom is 0.314 e. The van der Waals surface area contributed by atoms with Crippen molar-refractivity contribution in [3.8, 4) is 6.07 Å². The molecule has 0 fully saturated rings. The molecule has 0 amide bonds. The number of ether oxygens (including phenoxy) is 2. The van der Waals surface area contributed by atoms with Gasteiger partial charge in [-0.05, 0) is 44.2 Å². The minimum Gasteiger partial charge on any atom is -0.454 e. The quantitative estimate of drug-likeness (QED) is 0.259. The Labute approximate surface area is 189 Å². The topological polar surface area (TPSA) is 77.1 Å². The highest BCUT2D eigenvalue weighted by atomic mass is 35.5. The fourth-order valence-corrected chi connectivity index (χ4v) is 3.13. The molecule has 0 bridgehead atoms. The zero-order valence-corrected chi connectivity index (χ0v) is 20.2. The van der Waals surface area contributed by atoms with Crippen LogP contribution in [0.25, 0.3) is 11.3 Å². The van der Waals surface area contributed by atoms with Crippen LogP contribution in [0.4, 0.5) is 0 Å². The molecule has 0 aliphatic rings. The number of rotatable bonds is 5. The second-order valence-corrected chi connectivity index (χ2v) is 9.84. The van der Waals surface area contributed by atoms with Crippen LogP contribution < -0.4 is 0 Å². The van der Waals surface area contributed by atoms with E-state index < -0.39 is 11.4 Å². The van der Waals surface area contributed by atoms with E-state index in [9.17, 15) is 10.1 Å². The summed E-state index contributed by atoms with van der Waals surface area (Å²) in [5.74, 6) is -0.201. The third-order valence-electron chi connectivity index (χ3n) is 4.75. The third kappa shape index (κ3) is 5.68. The Morgan fingerprint density at radius 2 is 1.71 bits per heavy atom. The van der Waals surface area contributed by atoms with Gasteiger partial charge in [0.05, 0.1) is 16.1 Å². The first-order valence-corrected chi connectivity index (χ1v) is 10.4. The highest BCUT2D eigenvalue weighted by Crippen LogP contribution is 2.34. The minimum atomic E-state index is -0.672. The number of hydrogen-bond donors (Lipinski definition) is 0. The molecule has 1 aromatic carbocycles. The molecule has 0 saturated carbocycles. The van der Waals surface area contributed by atoms with Gasteiger partial charge in [0.1, 0.15) is 17.3 Å². The van der Waals surface area contributed by atoms with Gasteiger partial charge in [0, 0.05) is 7.05 Å². The van der Waals surface area contributed by atoms with Gasteiger partial charge in [0.25, 0.3) is 0 Å². The SMILES string of the molecule is Cc1nn(C)c(/C(OCOC(=O)C(C)(C)C)=C(\C#N)c2ccc(C(C)(C)C)cc2)c1Cl. The second-order valence-electron chi connectivity index (χ2n) is 9.46. The van der Waals surface area contributed by atoms with Crippen molar-refractivity contribution < 1.29 is 14.3 Å². The number of allylic oxidation sites excluding steroid dienone is 1. The molecule has 2 rings (SSSR count). The number of nitrogens with zero attached hydrogens (tertiary/aromatic N) is 3. The van der Waals surface area contributed by atoms with Crippen molar-refractivity contribution in [2.45, 2.75) is 53.9 Å². The molecule has 0 spiro atoms. The Kier molecular flexibility index (Phi) is 7.23. The first-order chi connectivity index (χ1) is 14.3. The predicted octanol–water partition coefficient (Wildman–Crippen LogP) is 5.63. The molecule has 7 heteroatoms. The summed E-state index contributed by atoms with van der Waals surface area (Å²) in [6.45, 7) is 13.1. The highest BCUT2D eigenvalue weighted by molar-refractivity contribution is 6.33. The zero-order valence-electron chi connectivity index (χ0n) is 19.5. The fourth-order valence-electron chi connectivity index (χ4n) is 2.88. The molecule has 0 unspecified atom stereocenters. The minimum absolute atomic E-state index is 0.0159. The molecule has 0 aliphatic heterocycles. The Hall–Kier alpha value is -2.78. The average Bonchev–Trinajstić information content (AvgIpc) is 2.91. The van der Waals surface area contributed by atoms with Crippen molar-refractivity contribution >= 4 is 28.9 Å². The van der Waals surface area contributed by atoms with Crippen LogP contribution in [0.3, 0.4) is 0 Å². The van der Waals surface area contributed by atoms with Crippen LogP contribution in [0.1, 0.15) is 64.1 Å². The van der Waals surface area contributed by atoms with Crippen molar-refractivity contribution in [1.82, 2.24) is 9.78 Å². The zero-order chi connectivity index (χ0) is 23.6. The lowest BCUT2D eigenvalue weighted by molar-refractivity contribution is -0.161. The Bertz CT molecular complexity index is 1030. The maximum atomic E-state index is 12.1. The first-order valence-electron chi connectivity index (χ1n) is 10.0. The van der Waals surface area contributed by atoms with Crippen LogP contribution in [0.2, 0.25) is 5.02 Å². The summed E-state index contributed by atoms with van der Waals surface area (Å²) in [6.07, 6.45) is 0. The van der Waals surface area contributed by atoms with Crippen molar-refractivity contribution in [2.75, 3.05) is 6.79 Å². The summed E-state index contributed by atoms with van der Waals surface area (Å²) in [5.41, 5.74) is 2.45. The number of benzene rings is 1. The van der Waals surface area contributed by atoms with E-state index in [0.717, 1.165) is 5.56 Å². The molecule has 31 heavy (non-hydrogen) atoms. The van der Waals surface area contributed by atoms with E-state index in [2.05, 4.69) is 31.9 Å². The maximum absolute atomic E-state index is 12.1. The third-order valence-corrected chi connectivity index (χ3v) is 5.20. The summed E-state index contributed by atoms with van der Waals surface area (Å²) < 4.78 is 12.7. The number of aryl methyl sites for hydroxylation is 2. The van der Waals surface area contributed by atoms with Crippen LogP contribution in [0.15, 0.2) is 24.3 Å². The van der Waals surface area contributed by atoms with Crippen LogP contribution in [-0.4, -0.2) is 22.5 Å². The summed E-state index contributed by atoms with van der Waals surface area (Å²) in [7, 11) is 1.72. The number of carbonyl (C=O) groups excluding carboxylic acids is 1. The molecule has 166 valence electrons. The number of esters is 1. The standard InChI is InChI=1S/C24H30ClN3O3/c1-15-19(25)20(28(8)27-15)21(30-14-31-22(29)24(5,6)7)18(13-26)16-9-11-17(12-10-16)23(2,3)4/h9-12H,14H2,1-8H3/b21-18-. The predicted molar refractivity (Wildman–Crippen MR) is 122 cm³/mol. The Morgan fingerprint density at radius 3 is 2.13 bits per heavy atom. The highest BCUT2D eigenvalue weighted by Gasteiger charge is 2.26. The van der Waals surface area contributed by atoms with Gasteiger partial charge in [-0.25, -0.2) is 0 Å². The number of nitriles is 1. The van der Waals surface area contributed by atoms with E-state index in [1.807, 2.05) is 24.3 Å². The van der Waals surface area contributed by atoms with E-state index in [1.165, 1.54) is 0 Å². The average molecular weight is 444 g/mol. The number of halogens is 1. The van der Waals surface area contributed by atoms with Crippen LogP contribution in [-0.2, 0) is 26.7 Å². The van der Waals surface area contributed by atoms with Crippen LogP contribution in [0.5, 0.6) is 0 Å². The smallest absolute Gasteiger partial charge is 0.314 e. The van der Waals surface area contributed by atoms with E-state index in [4.69, 9.17) is 21.1 Å². The van der Waals surface area contributed by atoms with Gasteiger partial charge in [-0.15, -0.1) is 0 Å². The van der Waals surface area contributed by atoms with Crippen molar-refractivity contribution in [2.24, 2.45) is 12.5 Å². The second kappa shape index (κ2) is 9.15. The molecule has 0 radical (unpaired) electrons. The van der Waals surface area contributed by atoms with Gasteiger partial charge in [-0.2, -0.15) is 10.4 Å². The van der Waals surface area contributed by atoms with Crippen molar-refractivity contribution in [3.05, 3.63) is 51.8 Å². The summed E-state index contributed by atoms with van der Waals surface area (Å²) >= 11 is 6.48. The summed E-state index contributed by atoms with van der Waals surface area (Å²) in [5, 5.41) is 14.7. The first kappa shape index (κ1) is 24.5. The number of hydrogen-bond acceptors (Lipinski definition) is 5. The monoisotopic (exact) mass is 443 g/mol.